The third-order valence-corrected chi connectivity index (χ3v) is 3.42. The molecule has 0 saturated carbocycles. The predicted molar refractivity (Wildman–Crippen MR) is 110 cm³/mol. The molecule has 32 heavy (non-hydrogen) atoms. The molecule has 0 aliphatic rings. The minimum atomic E-state index is -4.57. The van der Waals surface area contributed by atoms with Gasteiger partial charge in [-0.25, -0.2) is 4.79 Å². The van der Waals surface area contributed by atoms with E-state index in [-0.39, 0.29) is 31.6 Å². The summed E-state index contributed by atoms with van der Waals surface area (Å²) >= 11 is 0. The molecule has 10 nitrogen and oxygen atoms in total. The minimum absolute atomic E-state index is 0.0658. The maximum Gasteiger partial charge on any atom is 0.422 e. The molecule has 0 atom stereocenters. The summed E-state index contributed by atoms with van der Waals surface area (Å²) in [6.07, 6.45) is -5.18. The maximum atomic E-state index is 12.5. The highest BCUT2D eigenvalue weighted by Gasteiger charge is 2.29. The van der Waals surface area contributed by atoms with Gasteiger partial charge in [0.05, 0.1) is 6.61 Å². The number of nitrogens with one attached hydrogen (secondary N) is 3. The monoisotopic (exact) mass is 458 g/mol. The highest BCUT2D eigenvalue weighted by molar-refractivity contribution is 5.67. The lowest BCUT2D eigenvalue weighted by Gasteiger charge is -2.19. The lowest BCUT2D eigenvalue weighted by atomic mass is 10.2. The molecule has 1 amide bonds. The van der Waals surface area contributed by atoms with E-state index in [0.717, 1.165) is 0 Å². The topological polar surface area (TPSA) is 131 Å². The molecule has 1 aromatic carbocycles. The fourth-order valence-corrected chi connectivity index (χ4v) is 2.23. The number of halogens is 3. The van der Waals surface area contributed by atoms with Gasteiger partial charge in [-0.05, 0) is 38.5 Å². The van der Waals surface area contributed by atoms with E-state index in [4.69, 9.17) is 4.74 Å². The third kappa shape index (κ3) is 9.64. The van der Waals surface area contributed by atoms with E-state index in [2.05, 4.69) is 35.6 Å². The molecule has 0 fully saturated rings. The number of anilines is 3. The first-order valence-electron chi connectivity index (χ1n) is 9.57. The Morgan fingerprint density at radius 3 is 2.47 bits per heavy atom. The zero-order chi connectivity index (χ0) is 23.8. The molecular formula is C19H25F3N6O4. The van der Waals surface area contributed by atoms with Crippen LogP contribution in [-0.2, 0) is 11.3 Å². The van der Waals surface area contributed by atoms with Gasteiger partial charge in [-0.1, -0.05) is 12.1 Å². The summed E-state index contributed by atoms with van der Waals surface area (Å²) in [5.41, 5.74) is 0.468. The van der Waals surface area contributed by atoms with Crippen molar-refractivity contribution < 1.29 is 32.5 Å². The van der Waals surface area contributed by atoms with Crippen molar-refractivity contribution >= 4 is 23.7 Å². The van der Waals surface area contributed by atoms with Crippen LogP contribution in [0.3, 0.4) is 0 Å². The molecule has 0 aliphatic carbocycles. The Balaban J connectivity index is 2.07. The molecule has 0 radical (unpaired) electrons. The second kappa shape index (κ2) is 10.8. The van der Waals surface area contributed by atoms with Crippen LogP contribution in [0.2, 0.25) is 0 Å². The van der Waals surface area contributed by atoms with Crippen LogP contribution in [0.5, 0.6) is 6.01 Å². The normalized spacial score (nSPS) is 11.6. The van der Waals surface area contributed by atoms with E-state index in [1.807, 2.05) is 0 Å². The van der Waals surface area contributed by atoms with Crippen LogP contribution in [0, 0.1) is 0 Å². The van der Waals surface area contributed by atoms with E-state index in [9.17, 15) is 23.1 Å². The number of aromatic nitrogens is 3. The van der Waals surface area contributed by atoms with Gasteiger partial charge in [-0.2, -0.15) is 28.1 Å². The summed E-state index contributed by atoms with van der Waals surface area (Å²) in [7, 11) is 0. The predicted octanol–water partition coefficient (Wildman–Crippen LogP) is 2.99. The van der Waals surface area contributed by atoms with Gasteiger partial charge in [-0.15, -0.1) is 0 Å². The van der Waals surface area contributed by atoms with Crippen molar-refractivity contribution in [3.05, 3.63) is 29.8 Å². The Morgan fingerprint density at radius 1 is 1.09 bits per heavy atom. The molecule has 176 valence electrons. The van der Waals surface area contributed by atoms with Crippen molar-refractivity contribution in [2.45, 2.75) is 39.2 Å². The molecule has 2 rings (SSSR count). The standard InChI is InChI=1S/C19H25F3N6O4/c1-18(2,3)32-17(30)24-8-7-23-14-26-15(25-13-6-4-5-12(9-13)10-29)28-16(27-14)31-11-19(20,21)22/h4-6,9,29H,7-8,10-11H2,1-3H3,(H,24,30)(H2,23,25,26,27,28). The van der Waals surface area contributed by atoms with Gasteiger partial charge >= 0.3 is 18.3 Å². The minimum Gasteiger partial charge on any atom is -0.454 e. The van der Waals surface area contributed by atoms with E-state index < -0.39 is 30.5 Å². The average molecular weight is 458 g/mol. The molecule has 4 N–H and O–H groups in total. The molecule has 0 unspecified atom stereocenters. The fraction of sp³-hybridized carbons (Fsp3) is 0.474. The van der Waals surface area contributed by atoms with Gasteiger partial charge in [0.15, 0.2) is 6.61 Å². The van der Waals surface area contributed by atoms with Crippen molar-refractivity contribution in [1.82, 2.24) is 20.3 Å². The average Bonchev–Trinajstić information content (AvgIpc) is 2.68. The Hall–Kier alpha value is -3.35. The molecule has 1 heterocycles. The first kappa shape index (κ1) is 24.9. The zero-order valence-electron chi connectivity index (χ0n) is 17.8. The SMILES string of the molecule is CC(C)(C)OC(=O)NCCNc1nc(Nc2cccc(CO)c2)nc(OCC(F)(F)F)n1. The fourth-order valence-electron chi connectivity index (χ4n) is 2.23. The molecule has 0 saturated heterocycles. The second-order valence-electron chi connectivity index (χ2n) is 7.51. The molecule has 13 heteroatoms. The molecule has 0 bridgehead atoms. The van der Waals surface area contributed by atoms with Gasteiger partial charge in [0.1, 0.15) is 5.60 Å². The van der Waals surface area contributed by atoms with Crippen LogP contribution in [0.4, 0.5) is 35.5 Å². The Morgan fingerprint density at radius 2 is 1.81 bits per heavy atom. The van der Waals surface area contributed by atoms with Gasteiger partial charge < -0.3 is 30.5 Å². The number of hydrogen-bond donors (Lipinski definition) is 4. The third-order valence-electron chi connectivity index (χ3n) is 3.42. The largest absolute Gasteiger partial charge is 0.454 e. The smallest absolute Gasteiger partial charge is 0.422 e. The van der Waals surface area contributed by atoms with Gasteiger partial charge in [0, 0.05) is 18.8 Å². The summed E-state index contributed by atoms with van der Waals surface area (Å²) in [6.45, 7) is 3.71. The number of carbonyl (C=O) groups is 1. The number of rotatable bonds is 9. The van der Waals surface area contributed by atoms with E-state index in [1.165, 1.54) is 0 Å². The Labute approximate surface area is 182 Å². The Bertz CT molecular complexity index is 905. The number of aliphatic hydroxyl groups excluding tert-OH is 1. The zero-order valence-corrected chi connectivity index (χ0v) is 17.8. The molecular weight excluding hydrogens is 433 g/mol. The maximum absolute atomic E-state index is 12.5. The van der Waals surface area contributed by atoms with Crippen LogP contribution >= 0.6 is 0 Å². The number of alkyl halides is 3. The lowest BCUT2D eigenvalue weighted by molar-refractivity contribution is -0.154. The van der Waals surface area contributed by atoms with E-state index >= 15 is 0 Å². The number of aliphatic hydroxyl groups is 1. The molecule has 0 spiro atoms. The molecule has 2 aromatic rings. The highest BCUT2D eigenvalue weighted by Crippen LogP contribution is 2.20. The molecule has 0 aliphatic heterocycles. The van der Waals surface area contributed by atoms with Crippen LogP contribution in [0.1, 0.15) is 26.3 Å². The second-order valence-corrected chi connectivity index (χ2v) is 7.51. The van der Waals surface area contributed by atoms with Crippen molar-refractivity contribution in [1.29, 1.82) is 0 Å². The number of carbonyl (C=O) groups excluding carboxylic acids is 1. The number of ether oxygens (including phenoxy) is 2. The quantitative estimate of drug-likeness (QED) is 0.419. The van der Waals surface area contributed by atoms with Gasteiger partial charge in [0.25, 0.3) is 0 Å². The van der Waals surface area contributed by atoms with Crippen LogP contribution in [0.15, 0.2) is 24.3 Å². The van der Waals surface area contributed by atoms with Crippen LogP contribution in [0.25, 0.3) is 0 Å². The lowest BCUT2D eigenvalue weighted by Crippen LogP contribution is -2.35. The number of nitrogens with zero attached hydrogens (tertiary/aromatic N) is 3. The summed E-state index contributed by atoms with van der Waals surface area (Å²) in [4.78, 5) is 23.4. The summed E-state index contributed by atoms with van der Waals surface area (Å²) in [6, 6.07) is 6.12. The summed E-state index contributed by atoms with van der Waals surface area (Å²) < 4.78 is 47.3. The highest BCUT2D eigenvalue weighted by atomic mass is 19.4. The first-order valence-corrected chi connectivity index (χ1v) is 9.57. The number of alkyl carbamates (subject to hydrolysis) is 1. The van der Waals surface area contributed by atoms with Crippen molar-refractivity contribution in [2.75, 3.05) is 30.3 Å². The number of amides is 1. The van der Waals surface area contributed by atoms with Crippen molar-refractivity contribution in [3.8, 4) is 6.01 Å². The number of benzene rings is 1. The summed E-state index contributed by atoms with van der Waals surface area (Å²) in [5, 5.41) is 17.4. The van der Waals surface area contributed by atoms with Crippen molar-refractivity contribution in [2.24, 2.45) is 0 Å². The first-order chi connectivity index (χ1) is 14.9. The molecule has 1 aromatic heterocycles. The van der Waals surface area contributed by atoms with Crippen LogP contribution in [-0.4, -0.2) is 57.6 Å². The van der Waals surface area contributed by atoms with Gasteiger partial charge in [-0.3, -0.25) is 0 Å². The number of hydrogen-bond acceptors (Lipinski definition) is 9. The van der Waals surface area contributed by atoms with Crippen LogP contribution < -0.4 is 20.7 Å². The van der Waals surface area contributed by atoms with E-state index in [0.29, 0.717) is 11.3 Å². The van der Waals surface area contributed by atoms with E-state index in [1.54, 1.807) is 45.0 Å². The summed E-state index contributed by atoms with van der Waals surface area (Å²) in [5.74, 6) is -0.140. The Kier molecular flexibility index (Phi) is 8.41. The van der Waals surface area contributed by atoms with Gasteiger partial charge in [0.2, 0.25) is 11.9 Å². The van der Waals surface area contributed by atoms with Crippen molar-refractivity contribution in [3.63, 3.8) is 0 Å².